The highest BCUT2D eigenvalue weighted by Crippen LogP contribution is 2.04. The number of halogens is 1. The molecule has 3 heteroatoms. The van der Waals surface area contributed by atoms with Crippen LogP contribution >= 0.6 is 0 Å². The normalized spacial score (nSPS) is 11.0. The number of nitrogens with one attached hydrogen (secondary N) is 1. The van der Waals surface area contributed by atoms with Gasteiger partial charge in [-0.2, -0.15) is 0 Å². The minimum atomic E-state index is -0.301. The highest BCUT2D eigenvalue weighted by molar-refractivity contribution is 5.91. The van der Waals surface area contributed by atoms with Crippen LogP contribution in [0.4, 0.5) is 4.39 Å². The third-order valence-electron chi connectivity index (χ3n) is 1.96. The summed E-state index contributed by atoms with van der Waals surface area (Å²) in [5.74, 6) is -0.0331. The van der Waals surface area contributed by atoms with Gasteiger partial charge in [0.25, 0.3) is 0 Å². The van der Waals surface area contributed by atoms with Gasteiger partial charge in [0.05, 0.1) is 0 Å². The Morgan fingerprint density at radius 2 is 2.25 bits per heavy atom. The maximum Gasteiger partial charge on any atom is 0.244 e. The Labute approximate surface area is 95.2 Å². The van der Waals surface area contributed by atoms with Crippen molar-refractivity contribution in [2.24, 2.45) is 5.92 Å². The third-order valence-corrected chi connectivity index (χ3v) is 1.96. The Balaban J connectivity index is 2.50. The summed E-state index contributed by atoms with van der Waals surface area (Å²) >= 11 is 0. The Kier molecular flexibility index (Phi) is 4.70. The Morgan fingerprint density at radius 1 is 1.50 bits per heavy atom. The molecule has 1 N–H and O–H groups in total. The van der Waals surface area contributed by atoms with E-state index in [1.165, 1.54) is 18.2 Å². The van der Waals surface area contributed by atoms with E-state index >= 15 is 0 Å². The van der Waals surface area contributed by atoms with Gasteiger partial charge in [0.1, 0.15) is 5.82 Å². The molecule has 0 fully saturated rings. The first-order valence-corrected chi connectivity index (χ1v) is 5.29. The maximum atomic E-state index is 12.8. The molecule has 0 radical (unpaired) electrons. The summed E-state index contributed by atoms with van der Waals surface area (Å²) in [6.45, 7) is 4.69. The summed E-state index contributed by atoms with van der Waals surface area (Å²) in [5, 5.41) is 2.75. The molecule has 0 aliphatic heterocycles. The zero-order valence-electron chi connectivity index (χ0n) is 9.53. The SMILES string of the molecule is CC(C)CNC(=O)C=Cc1cccc(F)c1. The molecular weight excluding hydrogens is 205 g/mol. The van der Waals surface area contributed by atoms with Crippen molar-refractivity contribution in [2.75, 3.05) is 6.54 Å². The molecule has 2 nitrogen and oxygen atoms in total. The maximum absolute atomic E-state index is 12.8. The molecule has 16 heavy (non-hydrogen) atoms. The number of rotatable bonds is 4. The zero-order valence-corrected chi connectivity index (χ0v) is 9.53. The van der Waals surface area contributed by atoms with E-state index in [9.17, 15) is 9.18 Å². The molecule has 1 aromatic rings. The molecule has 0 aliphatic rings. The summed E-state index contributed by atoms with van der Waals surface area (Å²) in [4.78, 5) is 11.3. The number of carbonyl (C=O) groups is 1. The van der Waals surface area contributed by atoms with Gasteiger partial charge in [-0.1, -0.05) is 26.0 Å². The molecule has 86 valence electrons. The second-order valence-electron chi connectivity index (χ2n) is 4.03. The van der Waals surface area contributed by atoms with Gasteiger partial charge >= 0.3 is 0 Å². The molecule has 1 aromatic carbocycles. The van der Waals surface area contributed by atoms with Crippen molar-refractivity contribution in [2.45, 2.75) is 13.8 Å². The van der Waals surface area contributed by atoms with Crippen LogP contribution in [0.15, 0.2) is 30.3 Å². The first kappa shape index (κ1) is 12.4. The van der Waals surface area contributed by atoms with E-state index in [1.54, 1.807) is 18.2 Å². The predicted molar refractivity (Wildman–Crippen MR) is 63.3 cm³/mol. The zero-order chi connectivity index (χ0) is 12.0. The Bertz CT molecular complexity index is 385. The van der Waals surface area contributed by atoms with Gasteiger partial charge in [-0.15, -0.1) is 0 Å². The van der Waals surface area contributed by atoms with Crippen molar-refractivity contribution in [3.05, 3.63) is 41.7 Å². The highest BCUT2D eigenvalue weighted by Gasteiger charge is 1.97. The van der Waals surface area contributed by atoms with Gasteiger partial charge in [-0.25, -0.2) is 4.39 Å². The van der Waals surface area contributed by atoms with Gasteiger partial charge in [0.2, 0.25) is 5.91 Å². The van der Waals surface area contributed by atoms with E-state index in [2.05, 4.69) is 5.32 Å². The van der Waals surface area contributed by atoms with E-state index in [1.807, 2.05) is 13.8 Å². The topological polar surface area (TPSA) is 29.1 Å². The molecule has 0 bridgehead atoms. The van der Waals surface area contributed by atoms with Crippen molar-refractivity contribution >= 4 is 12.0 Å². The van der Waals surface area contributed by atoms with E-state index in [4.69, 9.17) is 0 Å². The molecule has 0 saturated heterocycles. The quantitative estimate of drug-likeness (QED) is 0.778. The molecule has 0 atom stereocenters. The van der Waals surface area contributed by atoms with Crippen LogP contribution in [0, 0.1) is 11.7 Å². The van der Waals surface area contributed by atoms with Crippen molar-refractivity contribution in [3.63, 3.8) is 0 Å². The molecule has 0 aliphatic carbocycles. The van der Waals surface area contributed by atoms with Crippen LogP contribution in [-0.4, -0.2) is 12.5 Å². The van der Waals surface area contributed by atoms with E-state index in [0.717, 1.165) is 0 Å². The molecule has 0 heterocycles. The van der Waals surface area contributed by atoms with Crippen molar-refractivity contribution in [3.8, 4) is 0 Å². The lowest BCUT2D eigenvalue weighted by atomic mass is 10.2. The van der Waals surface area contributed by atoms with Crippen LogP contribution < -0.4 is 5.32 Å². The number of hydrogen-bond donors (Lipinski definition) is 1. The predicted octanol–water partition coefficient (Wildman–Crippen LogP) is 2.61. The summed E-state index contributed by atoms with van der Waals surface area (Å²) in [7, 11) is 0. The monoisotopic (exact) mass is 221 g/mol. The molecule has 1 rings (SSSR count). The molecule has 0 saturated carbocycles. The van der Waals surface area contributed by atoms with Gasteiger partial charge in [-0.3, -0.25) is 4.79 Å². The average molecular weight is 221 g/mol. The largest absolute Gasteiger partial charge is 0.352 e. The molecule has 0 unspecified atom stereocenters. The van der Waals surface area contributed by atoms with Crippen LogP contribution in [0.2, 0.25) is 0 Å². The summed E-state index contributed by atoms with van der Waals surface area (Å²) in [6.07, 6.45) is 3.01. The van der Waals surface area contributed by atoms with Crippen LogP contribution in [0.25, 0.3) is 6.08 Å². The number of benzene rings is 1. The van der Waals surface area contributed by atoms with Gasteiger partial charge in [-0.05, 0) is 29.7 Å². The fourth-order valence-electron chi connectivity index (χ4n) is 1.15. The van der Waals surface area contributed by atoms with Gasteiger partial charge < -0.3 is 5.32 Å². The lowest BCUT2D eigenvalue weighted by Crippen LogP contribution is -2.25. The van der Waals surface area contributed by atoms with E-state index < -0.39 is 0 Å². The summed E-state index contributed by atoms with van der Waals surface area (Å²) in [6, 6.07) is 6.11. The van der Waals surface area contributed by atoms with Crippen molar-refractivity contribution in [1.29, 1.82) is 0 Å². The minimum Gasteiger partial charge on any atom is -0.352 e. The number of carbonyl (C=O) groups excluding carboxylic acids is 1. The van der Waals surface area contributed by atoms with Crippen LogP contribution in [0.1, 0.15) is 19.4 Å². The van der Waals surface area contributed by atoms with Crippen LogP contribution in [0.3, 0.4) is 0 Å². The lowest BCUT2D eigenvalue weighted by molar-refractivity contribution is -0.116. The third kappa shape index (κ3) is 4.73. The van der Waals surface area contributed by atoms with Crippen molar-refractivity contribution < 1.29 is 9.18 Å². The summed E-state index contributed by atoms with van der Waals surface area (Å²) in [5.41, 5.74) is 0.680. The molecule has 0 spiro atoms. The lowest BCUT2D eigenvalue weighted by Gasteiger charge is -2.04. The first-order chi connectivity index (χ1) is 7.58. The van der Waals surface area contributed by atoms with Crippen molar-refractivity contribution in [1.82, 2.24) is 5.32 Å². The van der Waals surface area contributed by atoms with E-state index in [0.29, 0.717) is 18.0 Å². The molecule has 0 aromatic heterocycles. The second kappa shape index (κ2) is 6.05. The first-order valence-electron chi connectivity index (χ1n) is 5.29. The molecular formula is C13H16FNO. The van der Waals surface area contributed by atoms with Crippen LogP contribution in [0.5, 0.6) is 0 Å². The Hall–Kier alpha value is -1.64. The fourth-order valence-corrected chi connectivity index (χ4v) is 1.15. The smallest absolute Gasteiger partial charge is 0.244 e. The molecule has 1 amide bonds. The van der Waals surface area contributed by atoms with Gasteiger partial charge in [0.15, 0.2) is 0 Å². The number of amides is 1. The fraction of sp³-hybridized carbons (Fsp3) is 0.308. The second-order valence-corrected chi connectivity index (χ2v) is 4.03. The minimum absolute atomic E-state index is 0.155. The van der Waals surface area contributed by atoms with Crippen LogP contribution in [-0.2, 0) is 4.79 Å². The Morgan fingerprint density at radius 3 is 2.88 bits per heavy atom. The average Bonchev–Trinajstić information content (AvgIpc) is 2.23. The highest BCUT2D eigenvalue weighted by atomic mass is 19.1. The number of hydrogen-bond acceptors (Lipinski definition) is 1. The summed E-state index contributed by atoms with van der Waals surface area (Å²) < 4.78 is 12.8. The van der Waals surface area contributed by atoms with Gasteiger partial charge in [0, 0.05) is 12.6 Å². The van der Waals surface area contributed by atoms with E-state index in [-0.39, 0.29) is 11.7 Å². The standard InChI is InChI=1S/C13H16FNO/c1-10(2)9-15-13(16)7-6-11-4-3-5-12(14)8-11/h3-8,10H,9H2,1-2H3,(H,15,16).